The molecular formula is C28H26N6O. The van der Waals surface area contributed by atoms with Crippen molar-refractivity contribution in [2.45, 2.75) is 32.2 Å². The number of hydrogen-bond acceptors (Lipinski definition) is 5. The van der Waals surface area contributed by atoms with Crippen LogP contribution >= 0.6 is 0 Å². The summed E-state index contributed by atoms with van der Waals surface area (Å²) in [5, 5.41) is 15.5. The van der Waals surface area contributed by atoms with Crippen LogP contribution < -0.4 is 5.56 Å². The van der Waals surface area contributed by atoms with E-state index in [0.29, 0.717) is 17.6 Å². The van der Waals surface area contributed by atoms with Gasteiger partial charge in [0, 0.05) is 36.4 Å². The zero-order valence-electron chi connectivity index (χ0n) is 20.0. The lowest BCUT2D eigenvalue weighted by molar-refractivity contribution is 0.507. The fourth-order valence-electron chi connectivity index (χ4n) is 4.83. The topological polar surface area (TPSA) is 88.3 Å². The molecule has 3 atom stereocenters. The van der Waals surface area contributed by atoms with Crippen LogP contribution in [0.3, 0.4) is 0 Å². The van der Waals surface area contributed by atoms with Gasteiger partial charge in [0.2, 0.25) is 0 Å². The summed E-state index contributed by atoms with van der Waals surface area (Å²) < 4.78 is 3.55. The number of aliphatic imine (C=N–C) groups is 2. The monoisotopic (exact) mass is 462 g/mol. The summed E-state index contributed by atoms with van der Waals surface area (Å²) in [6.07, 6.45) is 6.02. The number of benzene rings is 2. The Bertz CT molecular complexity index is 1550. The summed E-state index contributed by atoms with van der Waals surface area (Å²) in [4.78, 5) is 23.0. The lowest BCUT2D eigenvalue weighted by Crippen LogP contribution is -2.28. The Hall–Kier alpha value is -4.31. The molecule has 1 aliphatic rings. The highest BCUT2D eigenvalue weighted by Gasteiger charge is 2.27. The number of pyridine rings is 1. The second kappa shape index (κ2) is 9.15. The van der Waals surface area contributed by atoms with Crippen molar-refractivity contribution in [2.24, 2.45) is 23.0 Å². The zero-order valence-corrected chi connectivity index (χ0v) is 20.0. The molecule has 0 saturated carbocycles. The normalized spacial score (nSPS) is 18.3. The van der Waals surface area contributed by atoms with Crippen molar-refractivity contribution in [2.75, 3.05) is 0 Å². The van der Waals surface area contributed by atoms with Gasteiger partial charge in [-0.25, -0.2) is 4.99 Å². The van der Waals surface area contributed by atoms with Crippen LogP contribution in [0.25, 0.3) is 27.6 Å². The molecule has 0 spiro atoms. The highest BCUT2D eigenvalue weighted by molar-refractivity contribution is 5.96. The Balaban J connectivity index is 1.70. The molecule has 1 aliphatic heterocycles. The van der Waals surface area contributed by atoms with Crippen molar-refractivity contribution in [3.63, 3.8) is 0 Å². The van der Waals surface area contributed by atoms with E-state index in [1.807, 2.05) is 73.3 Å². The molecule has 4 aromatic rings. The van der Waals surface area contributed by atoms with Crippen LogP contribution in [-0.2, 0) is 7.05 Å². The van der Waals surface area contributed by atoms with Gasteiger partial charge in [-0.05, 0) is 48.4 Å². The minimum Gasteiger partial charge on any atom is -0.280 e. The Morgan fingerprint density at radius 3 is 2.66 bits per heavy atom. The number of aryl methyl sites for hydroxylation is 1. The summed E-state index contributed by atoms with van der Waals surface area (Å²) in [6.45, 7) is 3.94. The fraction of sp³-hybridized carbons (Fsp3) is 0.250. The number of fused-ring (bicyclic) bond motifs is 1. The fourth-order valence-corrected chi connectivity index (χ4v) is 4.83. The largest absolute Gasteiger partial charge is 0.280 e. The van der Waals surface area contributed by atoms with Gasteiger partial charge in [-0.15, -0.1) is 0 Å². The van der Waals surface area contributed by atoms with E-state index in [4.69, 9.17) is 0 Å². The van der Waals surface area contributed by atoms with E-state index in [2.05, 4.69) is 34.1 Å². The highest BCUT2D eigenvalue weighted by Crippen LogP contribution is 2.32. The Morgan fingerprint density at radius 1 is 1.14 bits per heavy atom. The molecule has 35 heavy (non-hydrogen) atoms. The van der Waals surface area contributed by atoms with Gasteiger partial charge in [0.15, 0.2) is 0 Å². The molecule has 2 aromatic carbocycles. The maximum atomic E-state index is 14.2. The summed E-state index contributed by atoms with van der Waals surface area (Å²) in [5.41, 5.74) is 3.39. The number of amidine groups is 1. The van der Waals surface area contributed by atoms with E-state index in [0.717, 1.165) is 27.9 Å². The van der Waals surface area contributed by atoms with E-state index >= 15 is 0 Å². The molecule has 3 heterocycles. The van der Waals surface area contributed by atoms with Gasteiger partial charge >= 0.3 is 0 Å². The molecule has 0 saturated heterocycles. The third-order valence-corrected chi connectivity index (χ3v) is 6.54. The second-order valence-electron chi connectivity index (χ2n) is 9.03. The standard InChI is InChI=1S/C28H26N6O/c1-18(12-25-21(14-29)15-30-19(2)32-25)26-13-20-8-7-11-24(22-16-31-33(3)17-22)27(20)28(35)34(26)23-9-5-4-6-10-23/h4-11,13,15-18,21,25H,12H2,1-3H3/t18-,21?,25?/m1/s1. The first kappa shape index (κ1) is 22.5. The molecule has 0 fully saturated rings. The van der Waals surface area contributed by atoms with E-state index in [-0.39, 0.29) is 23.4 Å². The SMILES string of the molecule is CC1=NC(C[C@@H](C)c2cc3cccc(-c4cnn(C)c4)c3c(=O)n2-c2ccccc2)C(C#N)C=N1. The molecular weight excluding hydrogens is 436 g/mol. The van der Waals surface area contributed by atoms with Gasteiger partial charge in [-0.1, -0.05) is 43.3 Å². The summed E-state index contributed by atoms with van der Waals surface area (Å²) in [6, 6.07) is 19.8. The van der Waals surface area contributed by atoms with Gasteiger partial charge in [0.1, 0.15) is 11.8 Å². The van der Waals surface area contributed by atoms with Gasteiger partial charge in [-0.3, -0.25) is 19.0 Å². The van der Waals surface area contributed by atoms with Crippen LogP contribution in [0.5, 0.6) is 0 Å². The van der Waals surface area contributed by atoms with Crippen LogP contribution in [0.15, 0.2) is 81.8 Å². The summed E-state index contributed by atoms with van der Waals surface area (Å²) >= 11 is 0. The molecule has 2 aromatic heterocycles. The molecule has 0 amide bonds. The van der Waals surface area contributed by atoms with Gasteiger partial charge < -0.3 is 0 Å². The van der Waals surface area contributed by atoms with Crippen molar-refractivity contribution in [1.82, 2.24) is 14.3 Å². The third-order valence-electron chi connectivity index (χ3n) is 6.54. The van der Waals surface area contributed by atoms with Gasteiger partial charge in [-0.2, -0.15) is 10.4 Å². The average molecular weight is 463 g/mol. The number of hydrogen-bond donors (Lipinski definition) is 0. The lowest BCUT2D eigenvalue weighted by Gasteiger charge is -2.25. The smallest absolute Gasteiger partial charge is 0.263 e. The first-order valence-corrected chi connectivity index (χ1v) is 11.7. The molecule has 0 radical (unpaired) electrons. The van der Waals surface area contributed by atoms with Crippen molar-refractivity contribution in [3.05, 3.63) is 83.0 Å². The highest BCUT2D eigenvalue weighted by atomic mass is 16.1. The molecule has 0 N–H and O–H groups in total. The first-order valence-electron chi connectivity index (χ1n) is 11.7. The van der Waals surface area contributed by atoms with E-state index in [1.54, 1.807) is 17.1 Å². The van der Waals surface area contributed by atoms with E-state index < -0.39 is 0 Å². The molecule has 7 nitrogen and oxygen atoms in total. The van der Waals surface area contributed by atoms with E-state index in [1.165, 1.54) is 0 Å². The number of rotatable bonds is 5. The Morgan fingerprint density at radius 2 is 1.94 bits per heavy atom. The van der Waals surface area contributed by atoms with E-state index in [9.17, 15) is 10.1 Å². The minimum atomic E-state index is -0.379. The number of aromatic nitrogens is 3. The first-order chi connectivity index (χ1) is 17.0. The van der Waals surface area contributed by atoms with Gasteiger partial charge in [0.05, 0.1) is 23.7 Å². The molecule has 2 unspecified atom stereocenters. The maximum Gasteiger partial charge on any atom is 0.263 e. The number of para-hydroxylation sites is 1. The predicted molar refractivity (Wildman–Crippen MR) is 139 cm³/mol. The Kier molecular flexibility index (Phi) is 5.87. The Labute approximate surface area is 203 Å². The zero-order chi connectivity index (χ0) is 24.5. The third kappa shape index (κ3) is 4.19. The number of nitrogens with zero attached hydrogens (tertiary/aromatic N) is 6. The maximum absolute atomic E-state index is 14.2. The summed E-state index contributed by atoms with van der Waals surface area (Å²) in [5.74, 6) is 0.266. The predicted octanol–water partition coefficient (Wildman–Crippen LogP) is 4.90. The van der Waals surface area contributed by atoms with Crippen molar-refractivity contribution in [1.29, 1.82) is 5.26 Å². The molecule has 174 valence electrons. The van der Waals surface area contributed by atoms with Crippen LogP contribution in [0, 0.1) is 17.2 Å². The van der Waals surface area contributed by atoms with Crippen LogP contribution in [0.4, 0.5) is 0 Å². The van der Waals surface area contributed by atoms with Crippen molar-refractivity contribution in [3.8, 4) is 22.9 Å². The van der Waals surface area contributed by atoms with Gasteiger partial charge in [0.25, 0.3) is 5.56 Å². The molecule has 5 rings (SSSR count). The quantitative estimate of drug-likeness (QED) is 0.423. The molecule has 7 heteroatoms. The molecule has 0 aliphatic carbocycles. The van der Waals surface area contributed by atoms with Crippen molar-refractivity contribution < 1.29 is 0 Å². The van der Waals surface area contributed by atoms with Crippen LogP contribution in [0.2, 0.25) is 0 Å². The molecule has 0 bridgehead atoms. The van der Waals surface area contributed by atoms with Crippen LogP contribution in [0.1, 0.15) is 31.9 Å². The lowest BCUT2D eigenvalue weighted by atomic mass is 9.89. The van der Waals surface area contributed by atoms with Crippen LogP contribution in [-0.4, -0.2) is 32.4 Å². The van der Waals surface area contributed by atoms with Crippen molar-refractivity contribution >= 4 is 22.8 Å². The minimum absolute atomic E-state index is 0.0294. The second-order valence-corrected chi connectivity index (χ2v) is 9.03. The summed E-state index contributed by atoms with van der Waals surface area (Å²) in [7, 11) is 1.87. The average Bonchev–Trinajstić information content (AvgIpc) is 3.30. The number of nitriles is 1.